The number of ether oxygens (including phenoxy) is 1. The van der Waals surface area contributed by atoms with Crippen molar-refractivity contribution in [3.63, 3.8) is 0 Å². The van der Waals surface area contributed by atoms with E-state index in [2.05, 4.69) is 34.0 Å². The molecule has 0 atom stereocenters. The Balaban J connectivity index is 1.86. The lowest BCUT2D eigenvalue weighted by Crippen LogP contribution is -2.12. The summed E-state index contributed by atoms with van der Waals surface area (Å²) in [7, 11) is -3.97. The SMILES string of the molecule is CCOc1cc(CNc2cccc(C)c2)cc(I)c1OS(=O)(=O)c1ccc(C)cc1. The number of anilines is 1. The molecule has 3 aromatic rings. The van der Waals surface area contributed by atoms with E-state index in [1.54, 1.807) is 12.1 Å². The standard InChI is InChI=1S/C23H24INO4S/c1-4-28-22-14-18(15-25-19-7-5-6-17(3)12-19)13-21(24)23(22)29-30(26,27)20-10-8-16(2)9-11-20/h5-14,25H,4,15H2,1-3H3. The van der Waals surface area contributed by atoms with E-state index < -0.39 is 10.1 Å². The van der Waals surface area contributed by atoms with Gasteiger partial charge in [0.15, 0.2) is 11.5 Å². The highest BCUT2D eigenvalue weighted by Crippen LogP contribution is 2.36. The van der Waals surface area contributed by atoms with Gasteiger partial charge in [-0.25, -0.2) is 0 Å². The van der Waals surface area contributed by atoms with Crippen LogP contribution in [-0.2, 0) is 16.7 Å². The molecule has 0 aliphatic carbocycles. The van der Waals surface area contributed by atoms with Crippen LogP contribution in [0.15, 0.2) is 65.6 Å². The van der Waals surface area contributed by atoms with Gasteiger partial charge < -0.3 is 14.2 Å². The highest BCUT2D eigenvalue weighted by molar-refractivity contribution is 14.1. The first-order valence-corrected chi connectivity index (χ1v) is 12.0. The first-order chi connectivity index (χ1) is 14.3. The van der Waals surface area contributed by atoms with Crippen molar-refractivity contribution >= 4 is 38.4 Å². The average molecular weight is 537 g/mol. The molecule has 0 saturated carbocycles. The van der Waals surface area contributed by atoms with Gasteiger partial charge in [0, 0.05) is 12.2 Å². The highest BCUT2D eigenvalue weighted by atomic mass is 127. The number of aryl methyl sites for hydroxylation is 2. The number of hydrogen-bond acceptors (Lipinski definition) is 5. The van der Waals surface area contributed by atoms with E-state index in [0.717, 1.165) is 16.8 Å². The van der Waals surface area contributed by atoms with Gasteiger partial charge in [0.1, 0.15) is 4.90 Å². The summed E-state index contributed by atoms with van der Waals surface area (Å²) in [5.74, 6) is 0.610. The summed E-state index contributed by atoms with van der Waals surface area (Å²) in [6, 6.07) is 18.4. The van der Waals surface area contributed by atoms with Crippen molar-refractivity contribution in [1.29, 1.82) is 0 Å². The second-order valence-electron chi connectivity index (χ2n) is 6.91. The summed E-state index contributed by atoms with van der Waals surface area (Å²) in [6.07, 6.45) is 0. The Bertz CT molecular complexity index is 1130. The van der Waals surface area contributed by atoms with E-state index >= 15 is 0 Å². The predicted molar refractivity (Wildman–Crippen MR) is 128 cm³/mol. The fourth-order valence-corrected chi connectivity index (χ4v) is 4.77. The van der Waals surface area contributed by atoms with Gasteiger partial charge in [-0.2, -0.15) is 8.42 Å². The molecule has 0 unspecified atom stereocenters. The Morgan fingerprint density at radius 1 is 0.967 bits per heavy atom. The zero-order chi connectivity index (χ0) is 21.7. The summed E-state index contributed by atoms with van der Waals surface area (Å²) in [5.41, 5.74) is 4.13. The molecule has 0 radical (unpaired) electrons. The molecule has 30 heavy (non-hydrogen) atoms. The molecule has 0 saturated heterocycles. The first kappa shape index (κ1) is 22.4. The van der Waals surface area contributed by atoms with Crippen LogP contribution < -0.4 is 14.2 Å². The van der Waals surface area contributed by atoms with Crippen LogP contribution in [0, 0.1) is 17.4 Å². The lowest BCUT2D eigenvalue weighted by atomic mass is 10.2. The largest absolute Gasteiger partial charge is 0.490 e. The number of rotatable bonds is 8. The minimum absolute atomic E-state index is 0.108. The van der Waals surface area contributed by atoms with Crippen LogP contribution in [0.2, 0.25) is 0 Å². The zero-order valence-corrected chi connectivity index (χ0v) is 20.1. The van der Waals surface area contributed by atoms with E-state index in [9.17, 15) is 8.42 Å². The maximum absolute atomic E-state index is 12.8. The Labute approximate surface area is 191 Å². The number of hydrogen-bond donors (Lipinski definition) is 1. The summed E-state index contributed by atoms with van der Waals surface area (Å²) >= 11 is 2.08. The normalized spacial score (nSPS) is 11.2. The lowest BCUT2D eigenvalue weighted by molar-refractivity contribution is 0.326. The molecule has 5 nitrogen and oxygen atoms in total. The molecule has 3 aromatic carbocycles. The number of halogens is 1. The summed E-state index contributed by atoms with van der Waals surface area (Å²) in [4.78, 5) is 0.108. The first-order valence-electron chi connectivity index (χ1n) is 9.55. The van der Waals surface area contributed by atoms with Crippen molar-refractivity contribution in [3.05, 3.63) is 80.9 Å². The minimum Gasteiger partial charge on any atom is -0.490 e. The third-order valence-corrected chi connectivity index (χ3v) is 6.42. The van der Waals surface area contributed by atoms with Crippen molar-refractivity contribution in [2.24, 2.45) is 0 Å². The summed E-state index contributed by atoms with van der Waals surface area (Å²) < 4.78 is 37.4. The maximum Gasteiger partial charge on any atom is 0.339 e. The molecule has 1 N–H and O–H groups in total. The van der Waals surface area contributed by atoms with Gasteiger partial charge in [-0.3, -0.25) is 0 Å². The monoisotopic (exact) mass is 537 g/mol. The maximum atomic E-state index is 12.8. The molecule has 0 aliphatic heterocycles. The van der Waals surface area contributed by atoms with Gasteiger partial charge in [-0.1, -0.05) is 29.8 Å². The van der Waals surface area contributed by atoms with Gasteiger partial charge >= 0.3 is 10.1 Å². The van der Waals surface area contributed by atoms with E-state index in [1.807, 2.05) is 51.1 Å². The molecule has 0 aromatic heterocycles. The van der Waals surface area contributed by atoms with Crippen molar-refractivity contribution < 1.29 is 17.3 Å². The molecular weight excluding hydrogens is 513 g/mol. The molecular formula is C23H24INO4S. The van der Waals surface area contributed by atoms with Crippen LogP contribution >= 0.6 is 22.6 Å². The second kappa shape index (κ2) is 9.70. The van der Waals surface area contributed by atoms with Gasteiger partial charge in [0.05, 0.1) is 10.2 Å². The van der Waals surface area contributed by atoms with E-state index in [4.69, 9.17) is 8.92 Å². The quantitative estimate of drug-likeness (QED) is 0.296. The van der Waals surface area contributed by atoms with Gasteiger partial charge in [-0.15, -0.1) is 0 Å². The third kappa shape index (κ3) is 5.66. The molecule has 0 fully saturated rings. The molecule has 0 spiro atoms. The Morgan fingerprint density at radius 2 is 1.70 bits per heavy atom. The zero-order valence-electron chi connectivity index (χ0n) is 17.1. The van der Waals surface area contributed by atoms with E-state index in [1.165, 1.54) is 17.7 Å². The van der Waals surface area contributed by atoms with Crippen molar-refractivity contribution in [2.45, 2.75) is 32.2 Å². The molecule has 3 rings (SSSR count). The number of benzene rings is 3. The van der Waals surface area contributed by atoms with Gasteiger partial charge in [-0.05, 0) is 90.9 Å². The van der Waals surface area contributed by atoms with Crippen molar-refractivity contribution in [3.8, 4) is 11.5 Å². The van der Waals surface area contributed by atoms with Gasteiger partial charge in [0.25, 0.3) is 0 Å². The van der Waals surface area contributed by atoms with Gasteiger partial charge in [0.2, 0.25) is 0 Å². The summed E-state index contributed by atoms with van der Waals surface area (Å²) in [6.45, 7) is 6.76. The smallest absolute Gasteiger partial charge is 0.339 e. The molecule has 0 aliphatic rings. The fraction of sp³-hybridized carbons (Fsp3) is 0.217. The van der Waals surface area contributed by atoms with Crippen LogP contribution in [0.3, 0.4) is 0 Å². The topological polar surface area (TPSA) is 64.6 Å². The molecule has 158 valence electrons. The third-order valence-electron chi connectivity index (χ3n) is 4.39. The Kier molecular flexibility index (Phi) is 7.25. The molecule has 0 amide bonds. The molecule has 0 heterocycles. The Hall–Kier alpha value is -2.26. The highest BCUT2D eigenvalue weighted by Gasteiger charge is 2.22. The summed E-state index contributed by atoms with van der Waals surface area (Å²) in [5, 5.41) is 3.38. The molecule has 0 bridgehead atoms. The van der Waals surface area contributed by atoms with Crippen molar-refractivity contribution in [2.75, 3.05) is 11.9 Å². The van der Waals surface area contributed by atoms with E-state index in [-0.39, 0.29) is 10.6 Å². The second-order valence-corrected chi connectivity index (χ2v) is 9.62. The predicted octanol–water partition coefficient (Wildman–Crippen LogP) is 5.69. The Morgan fingerprint density at radius 3 is 2.37 bits per heavy atom. The van der Waals surface area contributed by atoms with Crippen LogP contribution in [0.1, 0.15) is 23.6 Å². The van der Waals surface area contributed by atoms with Crippen LogP contribution in [0.4, 0.5) is 5.69 Å². The van der Waals surface area contributed by atoms with Crippen molar-refractivity contribution in [1.82, 2.24) is 0 Å². The fourth-order valence-electron chi connectivity index (χ4n) is 2.89. The van der Waals surface area contributed by atoms with E-state index in [0.29, 0.717) is 22.5 Å². The van der Waals surface area contributed by atoms with Crippen LogP contribution in [0.5, 0.6) is 11.5 Å². The minimum atomic E-state index is -3.97. The van der Waals surface area contributed by atoms with Crippen LogP contribution in [0.25, 0.3) is 0 Å². The lowest BCUT2D eigenvalue weighted by Gasteiger charge is -2.16. The van der Waals surface area contributed by atoms with Crippen LogP contribution in [-0.4, -0.2) is 15.0 Å². The molecule has 7 heteroatoms. The average Bonchev–Trinajstić information content (AvgIpc) is 2.69. The number of nitrogens with one attached hydrogen (secondary N) is 1.